The molecule has 0 saturated carbocycles. The fourth-order valence-corrected chi connectivity index (χ4v) is 4.52. The van der Waals surface area contributed by atoms with Gasteiger partial charge in [0.1, 0.15) is 0 Å². The van der Waals surface area contributed by atoms with Crippen LogP contribution in [0.4, 0.5) is 28.4 Å². The Kier molecular flexibility index (Phi) is 5.91. The highest BCUT2D eigenvalue weighted by molar-refractivity contribution is 7.92. The molecule has 4 aromatic carbocycles. The van der Waals surface area contributed by atoms with E-state index >= 15 is 0 Å². The summed E-state index contributed by atoms with van der Waals surface area (Å²) >= 11 is 0. The van der Waals surface area contributed by atoms with Crippen molar-refractivity contribution in [3.8, 4) is 0 Å². The third-order valence-electron chi connectivity index (χ3n) is 4.73. The number of hydrogen-bond acceptors (Lipinski definition) is 4. The van der Waals surface area contributed by atoms with Crippen LogP contribution in [0.3, 0.4) is 0 Å². The van der Waals surface area contributed by atoms with Gasteiger partial charge in [-0.3, -0.25) is 4.72 Å². The van der Waals surface area contributed by atoms with Crippen LogP contribution in [0.2, 0.25) is 0 Å². The van der Waals surface area contributed by atoms with Gasteiger partial charge in [0.15, 0.2) is 0 Å². The number of para-hydroxylation sites is 1. The molecular weight excluding hydrogens is 406 g/mol. The van der Waals surface area contributed by atoms with E-state index in [1.54, 1.807) is 37.3 Å². The Morgan fingerprint density at radius 3 is 1.74 bits per heavy atom. The SMILES string of the molecule is Cc1ccccc1S(=O)(=O)Nc1cccc(Nc2ccc(Nc3ccccc3)cc2)c1. The zero-order valence-corrected chi connectivity index (χ0v) is 17.9. The lowest BCUT2D eigenvalue weighted by atomic mass is 10.2. The molecule has 0 aliphatic heterocycles. The van der Waals surface area contributed by atoms with E-state index in [9.17, 15) is 8.42 Å². The third kappa shape index (κ3) is 5.24. The van der Waals surface area contributed by atoms with Crippen LogP contribution in [-0.2, 0) is 10.0 Å². The van der Waals surface area contributed by atoms with Crippen LogP contribution in [0.5, 0.6) is 0 Å². The van der Waals surface area contributed by atoms with Gasteiger partial charge in [0.05, 0.1) is 10.6 Å². The van der Waals surface area contributed by atoms with Gasteiger partial charge in [-0.05, 0) is 73.2 Å². The summed E-state index contributed by atoms with van der Waals surface area (Å²) in [6, 6.07) is 32.0. The molecule has 0 unspecified atom stereocenters. The van der Waals surface area contributed by atoms with Crippen LogP contribution in [0.15, 0.2) is 108 Å². The predicted molar refractivity (Wildman–Crippen MR) is 128 cm³/mol. The van der Waals surface area contributed by atoms with Crippen molar-refractivity contribution in [3.05, 3.63) is 109 Å². The first-order valence-corrected chi connectivity index (χ1v) is 11.4. The van der Waals surface area contributed by atoms with Gasteiger partial charge in [0, 0.05) is 22.7 Å². The molecular formula is C25H23N3O2S. The summed E-state index contributed by atoms with van der Waals surface area (Å²) in [6.45, 7) is 1.78. The molecule has 0 aromatic heterocycles. The highest BCUT2D eigenvalue weighted by atomic mass is 32.2. The molecule has 0 atom stereocenters. The van der Waals surface area contributed by atoms with Crippen molar-refractivity contribution in [2.75, 3.05) is 15.4 Å². The zero-order chi connectivity index (χ0) is 21.7. The number of hydrogen-bond donors (Lipinski definition) is 3. The van der Waals surface area contributed by atoms with Gasteiger partial charge in [-0.15, -0.1) is 0 Å². The lowest BCUT2D eigenvalue weighted by molar-refractivity contribution is 0.600. The van der Waals surface area contributed by atoms with E-state index in [4.69, 9.17) is 0 Å². The topological polar surface area (TPSA) is 70.2 Å². The monoisotopic (exact) mass is 429 g/mol. The Labute approximate surface area is 182 Å². The summed E-state index contributed by atoms with van der Waals surface area (Å²) in [5, 5.41) is 6.66. The first-order valence-electron chi connectivity index (χ1n) is 9.87. The number of aryl methyl sites for hydroxylation is 1. The normalized spacial score (nSPS) is 11.0. The van der Waals surface area contributed by atoms with Crippen LogP contribution < -0.4 is 15.4 Å². The summed E-state index contributed by atoms with van der Waals surface area (Å²) in [6.07, 6.45) is 0. The van der Waals surface area contributed by atoms with Gasteiger partial charge >= 0.3 is 0 Å². The van der Waals surface area contributed by atoms with Crippen molar-refractivity contribution >= 4 is 38.5 Å². The lowest BCUT2D eigenvalue weighted by Crippen LogP contribution is -2.14. The smallest absolute Gasteiger partial charge is 0.262 e. The third-order valence-corrected chi connectivity index (χ3v) is 6.28. The molecule has 3 N–H and O–H groups in total. The van der Waals surface area contributed by atoms with E-state index in [0.29, 0.717) is 11.3 Å². The maximum absolute atomic E-state index is 12.7. The maximum atomic E-state index is 12.7. The molecule has 156 valence electrons. The molecule has 0 bridgehead atoms. The Bertz CT molecular complexity index is 1270. The zero-order valence-electron chi connectivity index (χ0n) is 17.0. The fraction of sp³-hybridized carbons (Fsp3) is 0.0400. The number of rotatable bonds is 7. The second-order valence-corrected chi connectivity index (χ2v) is 8.80. The summed E-state index contributed by atoms with van der Waals surface area (Å²) in [5.41, 5.74) is 4.89. The first-order chi connectivity index (χ1) is 15.0. The molecule has 6 heteroatoms. The average Bonchev–Trinajstić information content (AvgIpc) is 2.76. The predicted octanol–water partition coefficient (Wildman–Crippen LogP) is 6.28. The van der Waals surface area contributed by atoms with E-state index in [-0.39, 0.29) is 4.90 Å². The molecule has 0 heterocycles. The molecule has 4 aromatic rings. The minimum Gasteiger partial charge on any atom is -0.356 e. The Morgan fingerprint density at radius 1 is 0.548 bits per heavy atom. The molecule has 0 saturated heterocycles. The van der Waals surface area contributed by atoms with Crippen LogP contribution in [0.25, 0.3) is 0 Å². The van der Waals surface area contributed by atoms with Gasteiger partial charge in [-0.2, -0.15) is 0 Å². The second kappa shape index (κ2) is 8.93. The quantitative estimate of drug-likeness (QED) is 0.323. The molecule has 0 spiro atoms. The Morgan fingerprint density at radius 2 is 1.06 bits per heavy atom. The largest absolute Gasteiger partial charge is 0.356 e. The highest BCUT2D eigenvalue weighted by Gasteiger charge is 2.16. The van der Waals surface area contributed by atoms with E-state index in [0.717, 1.165) is 22.7 Å². The van der Waals surface area contributed by atoms with Gasteiger partial charge in [-0.25, -0.2) is 8.42 Å². The number of sulfonamides is 1. The average molecular weight is 430 g/mol. The summed E-state index contributed by atoms with van der Waals surface area (Å²) in [5.74, 6) is 0. The number of benzene rings is 4. The minimum absolute atomic E-state index is 0.273. The van der Waals surface area contributed by atoms with Gasteiger partial charge < -0.3 is 10.6 Å². The van der Waals surface area contributed by atoms with Crippen molar-refractivity contribution in [1.82, 2.24) is 0 Å². The van der Waals surface area contributed by atoms with Gasteiger partial charge in [0.25, 0.3) is 10.0 Å². The molecule has 0 fully saturated rings. The van der Waals surface area contributed by atoms with Crippen molar-refractivity contribution in [2.45, 2.75) is 11.8 Å². The van der Waals surface area contributed by atoms with Crippen LogP contribution in [-0.4, -0.2) is 8.42 Å². The van der Waals surface area contributed by atoms with Crippen molar-refractivity contribution < 1.29 is 8.42 Å². The molecule has 31 heavy (non-hydrogen) atoms. The molecule has 4 rings (SSSR count). The second-order valence-electron chi connectivity index (χ2n) is 7.15. The summed E-state index contributed by atoms with van der Waals surface area (Å²) in [7, 11) is -3.66. The Hall–Kier alpha value is -3.77. The van der Waals surface area contributed by atoms with Gasteiger partial charge in [-0.1, -0.05) is 42.5 Å². The number of nitrogens with one attached hydrogen (secondary N) is 3. The Balaban J connectivity index is 1.46. The summed E-state index contributed by atoms with van der Waals surface area (Å²) in [4.78, 5) is 0.273. The van der Waals surface area contributed by atoms with Crippen molar-refractivity contribution in [1.29, 1.82) is 0 Å². The summed E-state index contributed by atoms with van der Waals surface area (Å²) < 4.78 is 28.1. The standard InChI is InChI=1S/C25H23N3O2S/c1-19-8-5-6-13-25(19)31(29,30)28-24-12-7-11-23(18-24)27-22-16-14-21(15-17-22)26-20-9-3-2-4-10-20/h2-18,26-28H,1H3. The van der Waals surface area contributed by atoms with E-state index in [1.165, 1.54) is 0 Å². The molecule has 0 aliphatic carbocycles. The minimum atomic E-state index is -3.66. The van der Waals surface area contributed by atoms with Crippen LogP contribution in [0, 0.1) is 6.92 Å². The van der Waals surface area contributed by atoms with Crippen LogP contribution in [0.1, 0.15) is 5.56 Å². The molecule has 5 nitrogen and oxygen atoms in total. The maximum Gasteiger partial charge on any atom is 0.262 e. The van der Waals surface area contributed by atoms with Crippen molar-refractivity contribution in [3.63, 3.8) is 0 Å². The van der Waals surface area contributed by atoms with Crippen molar-refractivity contribution in [2.24, 2.45) is 0 Å². The van der Waals surface area contributed by atoms with Crippen LogP contribution >= 0.6 is 0 Å². The molecule has 0 radical (unpaired) electrons. The highest BCUT2D eigenvalue weighted by Crippen LogP contribution is 2.25. The van der Waals surface area contributed by atoms with E-state index in [1.807, 2.05) is 72.8 Å². The molecule has 0 aliphatic rings. The fourth-order valence-electron chi connectivity index (χ4n) is 3.22. The van der Waals surface area contributed by atoms with Gasteiger partial charge in [0.2, 0.25) is 0 Å². The first kappa shape index (κ1) is 20.5. The van der Waals surface area contributed by atoms with E-state index < -0.39 is 10.0 Å². The molecule has 0 amide bonds. The van der Waals surface area contributed by atoms with E-state index in [2.05, 4.69) is 15.4 Å². The lowest BCUT2D eigenvalue weighted by Gasteiger charge is -2.13. The number of anilines is 5.